The molecule has 2 heterocycles. The molecule has 1 aliphatic heterocycles. The van der Waals surface area contributed by atoms with Gasteiger partial charge in [0.1, 0.15) is 6.26 Å². The summed E-state index contributed by atoms with van der Waals surface area (Å²) < 4.78 is 42.7. The summed E-state index contributed by atoms with van der Waals surface area (Å²) in [6.45, 7) is 0.976. The van der Waals surface area contributed by atoms with Crippen LogP contribution in [0.2, 0.25) is 0 Å². The first-order valence-electron chi connectivity index (χ1n) is 8.43. The Hall–Kier alpha value is -2.48. The topological polar surface area (TPSA) is 64.8 Å². The van der Waals surface area contributed by atoms with E-state index in [1.165, 1.54) is 23.3 Å². The normalized spacial score (nSPS) is 17.1. The van der Waals surface area contributed by atoms with Crippen LogP contribution in [-0.4, -0.2) is 42.1 Å². The van der Waals surface area contributed by atoms with E-state index in [0.29, 0.717) is 6.54 Å². The number of rotatable bonds is 6. The monoisotopic (exact) mass is 366 g/mol. The molecule has 1 aliphatic rings. The van der Waals surface area contributed by atoms with E-state index in [1.54, 1.807) is 7.05 Å². The van der Waals surface area contributed by atoms with Crippen LogP contribution in [0.5, 0.6) is 5.75 Å². The molecule has 0 radical (unpaired) electrons. The fraction of sp³-hybridized carbons (Fsp3) is 0.444. The lowest BCUT2D eigenvalue weighted by atomic mass is 10.1. The van der Waals surface area contributed by atoms with Crippen molar-refractivity contribution in [2.45, 2.75) is 32.0 Å². The number of aromatic nitrogens is 1. The zero-order valence-corrected chi connectivity index (χ0v) is 14.4. The maximum Gasteiger partial charge on any atom is 0.275 e. The van der Waals surface area contributed by atoms with Crippen molar-refractivity contribution in [2.75, 3.05) is 20.2 Å². The Morgan fingerprint density at radius 1 is 1.38 bits per heavy atom. The van der Waals surface area contributed by atoms with Gasteiger partial charge < -0.3 is 18.8 Å². The second-order valence-electron chi connectivity index (χ2n) is 6.14. The van der Waals surface area contributed by atoms with Crippen molar-refractivity contribution in [2.24, 2.45) is 0 Å². The van der Waals surface area contributed by atoms with Crippen LogP contribution in [0.15, 0.2) is 28.9 Å². The van der Waals surface area contributed by atoms with E-state index in [4.69, 9.17) is 13.9 Å². The SMILES string of the molecule is CN(C[C@@H]1CCCCO1)C(=O)c1coc(COc2cccc(F)c2F)n1. The minimum absolute atomic E-state index is 0.0309. The molecule has 0 saturated carbocycles. The molecule has 0 spiro atoms. The van der Waals surface area contributed by atoms with Crippen LogP contribution in [0.1, 0.15) is 35.6 Å². The molecule has 0 aliphatic carbocycles. The lowest BCUT2D eigenvalue weighted by Gasteiger charge is -2.26. The van der Waals surface area contributed by atoms with Gasteiger partial charge in [0.25, 0.3) is 5.91 Å². The van der Waals surface area contributed by atoms with Crippen LogP contribution in [0.25, 0.3) is 0 Å². The Morgan fingerprint density at radius 3 is 3.00 bits per heavy atom. The van der Waals surface area contributed by atoms with E-state index < -0.39 is 11.6 Å². The van der Waals surface area contributed by atoms with Gasteiger partial charge in [0.05, 0.1) is 6.10 Å². The molecule has 0 unspecified atom stereocenters. The molecular weight excluding hydrogens is 346 g/mol. The number of carbonyl (C=O) groups excluding carboxylic acids is 1. The van der Waals surface area contributed by atoms with Crippen molar-refractivity contribution >= 4 is 5.91 Å². The Kier molecular flexibility index (Phi) is 5.82. The highest BCUT2D eigenvalue weighted by Crippen LogP contribution is 2.20. The van der Waals surface area contributed by atoms with Gasteiger partial charge in [-0.3, -0.25) is 4.79 Å². The number of halogens is 2. The zero-order valence-electron chi connectivity index (χ0n) is 14.4. The van der Waals surface area contributed by atoms with Crippen molar-refractivity contribution in [3.05, 3.63) is 47.7 Å². The fourth-order valence-electron chi connectivity index (χ4n) is 2.75. The van der Waals surface area contributed by atoms with Crippen LogP contribution < -0.4 is 4.74 Å². The minimum Gasteiger partial charge on any atom is -0.481 e. The first-order valence-corrected chi connectivity index (χ1v) is 8.43. The summed E-state index contributed by atoms with van der Waals surface area (Å²) in [6.07, 6.45) is 4.32. The number of hydrogen-bond donors (Lipinski definition) is 0. The summed E-state index contributed by atoms with van der Waals surface area (Å²) in [4.78, 5) is 18.0. The van der Waals surface area contributed by atoms with Gasteiger partial charge in [0.15, 0.2) is 23.9 Å². The van der Waals surface area contributed by atoms with Crippen LogP contribution in [0.4, 0.5) is 8.78 Å². The quantitative estimate of drug-likeness (QED) is 0.786. The maximum absolute atomic E-state index is 13.5. The van der Waals surface area contributed by atoms with E-state index in [9.17, 15) is 13.6 Å². The third kappa shape index (κ3) is 4.37. The summed E-state index contributed by atoms with van der Waals surface area (Å²) in [5.41, 5.74) is 0.127. The maximum atomic E-state index is 13.5. The summed E-state index contributed by atoms with van der Waals surface area (Å²) in [5, 5.41) is 0. The number of nitrogens with zero attached hydrogens (tertiary/aromatic N) is 2. The molecule has 1 aromatic carbocycles. The van der Waals surface area contributed by atoms with Gasteiger partial charge in [0, 0.05) is 20.2 Å². The molecule has 6 nitrogen and oxygen atoms in total. The smallest absolute Gasteiger partial charge is 0.275 e. The van der Waals surface area contributed by atoms with Gasteiger partial charge in [-0.15, -0.1) is 0 Å². The Labute approximate surface area is 149 Å². The Bertz CT molecular complexity index is 759. The fourth-order valence-corrected chi connectivity index (χ4v) is 2.75. The van der Waals surface area contributed by atoms with Crippen molar-refractivity contribution < 1.29 is 27.5 Å². The van der Waals surface area contributed by atoms with E-state index >= 15 is 0 Å². The van der Waals surface area contributed by atoms with Gasteiger partial charge in [-0.2, -0.15) is 4.39 Å². The van der Waals surface area contributed by atoms with Crippen molar-refractivity contribution in [3.63, 3.8) is 0 Å². The largest absolute Gasteiger partial charge is 0.481 e. The van der Waals surface area contributed by atoms with E-state index in [-0.39, 0.29) is 36.0 Å². The highest BCUT2D eigenvalue weighted by atomic mass is 19.2. The first kappa shape index (κ1) is 18.3. The molecule has 1 aromatic heterocycles. The second kappa shape index (κ2) is 8.27. The van der Waals surface area contributed by atoms with Crippen LogP contribution in [-0.2, 0) is 11.3 Å². The van der Waals surface area contributed by atoms with Crippen LogP contribution >= 0.6 is 0 Å². The number of carbonyl (C=O) groups is 1. The molecule has 2 aromatic rings. The number of ether oxygens (including phenoxy) is 2. The molecular formula is C18H20F2N2O4. The van der Waals surface area contributed by atoms with Gasteiger partial charge in [-0.05, 0) is 31.4 Å². The molecule has 1 saturated heterocycles. The number of benzene rings is 1. The van der Waals surface area contributed by atoms with Crippen LogP contribution in [0.3, 0.4) is 0 Å². The standard InChI is InChI=1S/C18H20F2N2O4/c1-22(9-12-5-2-3-8-24-12)18(23)14-10-26-16(21-14)11-25-15-7-4-6-13(19)17(15)20/h4,6-7,10,12H,2-3,5,8-9,11H2,1H3/t12-/m0/s1. The number of hydrogen-bond acceptors (Lipinski definition) is 5. The molecule has 3 rings (SSSR count). The summed E-state index contributed by atoms with van der Waals surface area (Å²) in [5.74, 6) is -2.53. The molecule has 26 heavy (non-hydrogen) atoms. The predicted octanol–water partition coefficient (Wildman–Crippen LogP) is 3.17. The van der Waals surface area contributed by atoms with Gasteiger partial charge in [-0.1, -0.05) is 6.07 Å². The molecule has 0 bridgehead atoms. The van der Waals surface area contributed by atoms with E-state index in [0.717, 1.165) is 31.9 Å². The first-order chi connectivity index (χ1) is 12.5. The van der Waals surface area contributed by atoms with Crippen molar-refractivity contribution in [1.82, 2.24) is 9.88 Å². The Balaban J connectivity index is 1.56. The van der Waals surface area contributed by atoms with Gasteiger partial charge in [0.2, 0.25) is 11.7 Å². The molecule has 1 atom stereocenters. The summed E-state index contributed by atoms with van der Waals surface area (Å²) in [6, 6.07) is 3.63. The number of likely N-dealkylation sites (N-methyl/N-ethyl adjacent to an activating group) is 1. The van der Waals surface area contributed by atoms with Crippen LogP contribution in [0, 0.1) is 11.6 Å². The van der Waals surface area contributed by atoms with E-state index in [2.05, 4.69) is 4.98 Å². The molecule has 140 valence electrons. The predicted molar refractivity (Wildman–Crippen MR) is 87.7 cm³/mol. The van der Waals surface area contributed by atoms with Gasteiger partial charge >= 0.3 is 0 Å². The summed E-state index contributed by atoms with van der Waals surface area (Å²) >= 11 is 0. The highest BCUT2D eigenvalue weighted by Gasteiger charge is 2.22. The average Bonchev–Trinajstić information content (AvgIpc) is 3.12. The minimum atomic E-state index is -1.08. The van der Waals surface area contributed by atoms with Crippen molar-refractivity contribution in [3.8, 4) is 5.75 Å². The molecule has 1 amide bonds. The molecule has 8 heteroatoms. The zero-order chi connectivity index (χ0) is 18.5. The lowest BCUT2D eigenvalue weighted by Crippen LogP contribution is -2.37. The van der Waals surface area contributed by atoms with Gasteiger partial charge in [-0.25, -0.2) is 9.37 Å². The number of amides is 1. The van der Waals surface area contributed by atoms with Crippen molar-refractivity contribution in [1.29, 1.82) is 0 Å². The summed E-state index contributed by atoms with van der Waals surface area (Å²) in [7, 11) is 1.67. The average molecular weight is 366 g/mol. The number of oxazole rings is 1. The Morgan fingerprint density at radius 2 is 2.23 bits per heavy atom. The molecule has 1 fully saturated rings. The highest BCUT2D eigenvalue weighted by molar-refractivity contribution is 5.91. The van der Waals surface area contributed by atoms with E-state index in [1.807, 2.05) is 0 Å². The third-order valence-corrected chi connectivity index (χ3v) is 4.14. The third-order valence-electron chi connectivity index (χ3n) is 4.14. The lowest BCUT2D eigenvalue weighted by molar-refractivity contribution is -0.000293. The molecule has 0 N–H and O–H groups in total. The second-order valence-corrected chi connectivity index (χ2v) is 6.14.